The Morgan fingerprint density at radius 1 is 1.48 bits per heavy atom. The SMILES string of the molecule is Cc1cc(S(=O)(=O)NCCCOCc2ccco2)sc1Br. The normalized spacial score (nSPS) is 11.9. The van der Waals surface area contributed by atoms with Crippen LogP contribution >= 0.6 is 27.3 Å². The predicted octanol–water partition coefficient (Wildman–Crippen LogP) is 3.30. The highest BCUT2D eigenvalue weighted by molar-refractivity contribution is 9.11. The fourth-order valence-corrected chi connectivity index (χ4v) is 4.93. The Balaban J connectivity index is 1.70. The van der Waals surface area contributed by atoms with Gasteiger partial charge in [0.05, 0.1) is 10.0 Å². The number of hydrogen-bond acceptors (Lipinski definition) is 5. The second-order valence-corrected chi connectivity index (χ2v) is 8.77. The Kier molecular flexibility index (Phi) is 6.00. The predicted molar refractivity (Wildman–Crippen MR) is 84.9 cm³/mol. The lowest BCUT2D eigenvalue weighted by atomic mass is 10.4. The number of nitrogens with one attached hydrogen (secondary N) is 1. The first-order chi connectivity index (χ1) is 9.99. The average Bonchev–Trinajstić information content (AvgIpc) is 3.05. The van der Waals surface area contributed by atoms with E-state index in [1.54, 1.807) is 18.4 Å². The molecule has 0 saturated carbocycles. The van der Waals surface area contributed by atoms with Crippen molar-refractivity contribution < 1.29 is 17.6 Å². The number of thiophene rings is 1. The molecule has 5 nitrogen and oxygen atoms in total. The molecule has 0 aliphatic heterocycles. The molecule has 0 atom stereocenters. The zero-order valence-corrected chi connectivity index (χ0v) is 14.7. The van der Waals surface area contributed by atoms with Crippen molar-refractivity contribution in [3.8, 4) is 0 Å². The quantitative estimate of drug-likeness (QED) is 0.698. The van der Waals surface area contributed by atoms with Crippen LogP contribution in [0.15, 0.2) is 36.9 Å². The molecular weight excluding hydrogens is 378 g/mol. The van der Waals surface area contributed by atoms with Gasteiger partial charge in [0.2, 0.25) is 10.0 Å². The molecule has 2 heterocycles. The van der Waals surface area contributed by atoms with E-state index < -0.39 is 10.0 Å². The Morgan fingerprint density at radius 2 is 2.29 bits per heavy atom. The van der Waals surface area contributed by atoms with Crippen LogP contribution in [0.2, 0.25) is 0 Å². The molecule has 0 amide bonds. The fourth-order valence-electron chi connectivity index (χ4n) is 1.58. The van der Waals surface area contributed by atoms with Gasteiger partial charge >= 0.3 is 0 Å². The largest absolute Gasteiger partial charge is 0.467 e. The number of hydrogen-bond donors (Lipinski definition) is 1. The molecule has 0 aliphatic carbocycles. The lowest BCUT2D eigenvalue weighted by molar-refractivity contribution is 0.105. The summed E-state index contributed by atoms with van der Waals surface area (Å²) in [5.41, 5.74) is 0.919. The first-order valence-corrected chi connectivity index (χ1v) is 9.44. The third-order valence-corrected chi connectivity index (χ3v) is 6.75. The number of ether oxygens (including phenoxy) is 1. The molecule has 0 aromatic carbocycles. The number of halogens is 1. The van der Waals surface area contributed by atoms with Crippen LogP contribution in [0, 0.1) is 6.92 Å². The summed E-state index contributed by atoms with van der Waals surface area (Å²) < 4.78 is 38.3. The summed E-state index contributed by atoms with van der Waals surface area (Å²) >= 11 is 4.54. The van der Waals surface area contributed by atoms with Crippen molar-refractivity contribution in [1.29, 1.82) is 0 Å². The highest BCUT2D eigenvalue weighted by Crippen LogP contribution is 2.30. The van der Waals surface area contributed by atoms with Gasteiger partial charge in [-0.25, -0.2) is 13.1 Å². The van der Waals surface area contributed by atoms with E-state index in [9.17, 15) is 8.42 Å². The van der Waals surface area contributed by atoms with Crippen LogP contribution in [0.25, 0.3) is 0 Å². The maximum Gasteiger partial charge on any atom is 0.250 e. The Morgan fingerprint density at radius 3 is 2.90 bits per heavy atom. The Hall–Kier alpha value is -0.670. The van der Waals surface area contributed by atoms with E-state index >= 15 is 0 Å². The van der Waals surface area contributed by atoms with Crippen LogP contribution in [0.5, 0.6) is 0 Å². The van der Waals surface area contributed by atoms with Crippen LogP contribution in [0.4, 0.5) is 0 Å². The molecule has 2 aromatic rings. The van der Waals surface area contributed by atoms with E-state index in [0.29, 0.717) is 30.4 Å². The molecule has 8 heteroatoms. The second-order valence-electron chi connectivity index (χ2n) is 4.41. The fraction of sp³-hybridized carbons (Fsp3) is 0.385. The van der Waals surface area contributed by atoms with Gasteiger partial charge < -0.3 is 9.15 Å². The third-order valence-electron chi connectivity index (χ3n) is 2.68. The molecule has 0 radical (unpaired) electrons. The molecule has 1 N–H and O–H groups in total. The molecule has 0 spiro atoms. The van der Waals surface area contributed by atoms with Gasteiger partial charge in [0.15, 0.2) is 0 Å². The first kappa shape index (κ1) is 16.7. The molecule has 0 aliphatic rings. The van der Waals surface area contributed by atoms with Crippen LogP contribution in [0.3, 0.4) is 0 Å². The minimum absolute atomic E-state index is 0.323. The van der Waals surface area contributed by atoms with E-state index in [4.69, 9.17) is 9.15 Å². The summed E-state index contributed by atoms with van der Waals surface area (Å²) in [6, 6.07) is 5.29. The maximum atomic E-state index is 12.0. The van der Waals surface area contributed by atoms with Gasteiger partial charge in [0.25, 0.3) is 0 Å². The number of sulfonamides is 1. The number of rotatable bonds is 8. The zero-order chi connectivity index (χ0) is 15.3. The van der Waals surface area contributed by atoms with Gasteiger partial charge in [-0.15, -0.1) is 11.3 Å². The van der Waals surface area contributed by atoms with E-state index in [1.807, 2.05) is 13.0 Å². The van der Waals surface area contributed by atoms with E-state index in [-0.39, 0.29) is 0 Å². The molecule has 0 unspecified atom stereocenters. The summed E-state index contributed by atoms with van der Waals surface area (Å²) in [6.07, 6.45) is 2.19. The number of furan rings is 1. The topological polar surface area (TPSA) is 68.5 Å². The molecule has 0 fully saturated rings. The van der Waals surface area contributed by atoms with Crippen LogP contribution in [-0.4, -0.2) is 21.6 Å². The number of aryl methyl sites for hydroxylation is 1. The Labute approximate surface area is 136 Å². The summed E-state index contributed by atoms with van der Waals surface area (Å²) in [6.45, 7) is 3.07. The average molecular weight is 394 g/mol. The van der Waals surface area contributed by atoms with Crippen LogP contribution in [0.1, 0.15) is 17.7 Å². The van der Waals surface area contributed by atoms with Crippen molar-refractivity contribution in [3.05, 3.63) is 39.6 Å². The van der Waals surface area contributed by atoms with E-state index in [2.05, 4.69) is 20.7 Å². The molecule has 21 heavy (non-hydrogen) atoms. The van der Waals surface area contributed by atoms with Gasteiger partial charge in [-0.1, -0.05) is 0 Å². The zero-order valence-electron chi connectivity index (χ0n) is 11.5. The Bertz CT molecular complexity index is 645. The maximum absolute atomic E-state index is 12.0. The molecular formula is C13H16BrNO4S2. The summed E-state index contributed by atoms with van der Waals surface area (Å²) in [4.78, 5) is 0. The van der Waals surface area contributed by atoms with Crippen molar-refractivity contribution in [2.75, 3.05) is 13.2 Å². The van der Waals surface area contributed by atoms with E-state index in [0.717, 1.165) is 15.1 Å². The highest BCUT2D eigenvalue weighted by atomic mass is 79.9. The summed E-state index contributed by atoms with van der Waals surface area (Å²) in [5.74, 6) is 0.759. The van der Waals surface area contributed by atoms with Crippen molar-refractivity contribution in [2.24, 2.45) is 0 Å². The van der Waals surface area contributed by atoms with Gasteiger partial charge in [0.1, 0.15) is 16.6 Å². The van der Waals surface area contributed by atoms with Crippen molar-refractivity contribution in [3.63, 3.8) is 0 Å². The van der Waals surface area contributed by atoms with E-state index in [1.165, 1.54) is 11.3 Å². The third kappa shape index (κ3) is 4.93. The molecule has 0 saturated heterocycles. The smallest absolute Gasteiger partial charge is 0.250 e. The molecule has 116 valence electrons. The van der Waals surface area contributed by atoms with Gasteiger partial charge in [-0.3, -0.25) is 0 Å². The van der Waals surface area contributed by atoms with Crippen LogP contribution < -0.4 is 4.72 Å². The highest BCUT2D eigenvalue weighted by Gasteiger charge is 2.17. The monoisotopic (exact) mass is 393 g/mol. The lowest BCUT2D eigenvalue weighted by Crippen LogP contribution is -2.24. The standard InChI is InChI=1S/C13H16BrNO4S2/c1-10-8-12(20-13(10)14)21(16,17)15-5-3-6-18-9-11-4-2-7-19-11/h2,4,7-8,15H,3,5-6,9H2,1H3. The molecule has 0 bridgehead atoms. The first-order valence-electron chi connectivity index (χ1n) is 6.35. The second kappa shape index (κ2) is 7.55. The minimum Gasteiger partial charge on any atom is -0.467 e. The van der Waals surface area contributed by atoms with Crippen molar-refractivity contribution in [2.45, 2.75) is 24.2 Å². The summed E-state index contributed by atoms with van der Waals surface area (Å²) in [5, 5.41) is 0. The summed E-state index contributed by atoms with van der Waals surface area (Å²) in [7, 11) is -3.43. The lowest BCUT2D eigenvalue weighted by Gasteiger charge is -2.05. The molecule has 2 rings (SSSR count). The minimum atomic E-state index is -3.43. The van der Waals surface area contributed by atoms with Crippen LogP contribution in [-0.2, 0) is 21.4 Å². The van der Waals surface area contributed by atoms with Gasteiger partial charge in [0, 0.05) is 13.2 Å². The van der Waals surface area contributed by atoms with Crippen molar-refractivity contribution >= 4 is 37.3 Å². The van der Waals surface area contributed by atoms with Gasteiger partial charge in [-0.2, -0.15) is 0 Å². The molecule has 2 aromatic heterocycles. The van der Waals surface area contributed by atoms with Crippen molar-refractivity contribution in [1.82, 2.24) is 4.72 Å². The van der Waals surface area contributed by atoms with Gasteiger partial charge in [-0.05, 0) is 53.0 Å².